The molecule has 0 unspecified atom stereocenters. The summed E-state index contributed by atoms with van der Waals surface area (Å²) in [7, 11) is 0. The Kier molecular flexibility index (Phi) is 6.73. The van der Waals surface area contributed by atoms with Crippen molar-refractivity contribution in [2.75, 3.05) is 0 Å². The van der Waals surface area contributed by atoms with Crippen LogP contribution in [0.1, 0.15) is 50.0 Å². The second-order valence-corrected chi connectivity index (χ2v) is 3.00. The molecule has 0 bridgehead atoms. The van der Waals surface area contributed by atoms with Gasteiger partial charge in [-0.05, 0) is 18.9 Å². The highest BCUT2D eigenvalue weighted by atomic mass is 16.1. The lowest BCUT2D eigenvalue weighted by atomic mass is 10.1. The number of carbonyl (C=O) groups is 1. The summed E-state index contributed by atoms with van der Waals surface area (Å²) in [5, 5.41) is 0. The zero-order valence-corrected chi connectivity index (χ0v) is 9.63. The summed E-state index contributed by atoms with van der Waals surface area (Å²) in [6.07, 6.45) is 2.25. The van der Waals surface area contributed by atoms with Gasteiger partial charge in [0.25, 0.3) is 0 Å². The van der Waals surface area contributed by atoms with Gasteiger partial charge in [0.05, 0.1) is 0 Å². The molecule has 0 amide bonds. The van der Waals surface area contributed by atoms with Gasteiger partial charge in [0.2, 0.25) is 0 Å². The van der Waals surface area contributed by atoms with Crippen LogP contribution in [0.4, 0.5) is 0 Å². The van der Waals surface area contributed by atoms with E-state index in [2.05, 4.69) is 6.92 Å². The molecule has 14 heavy (non-hydrogen) atoms. The lowest BCUT2D eigenvalue weighted by molar-refractivity contribution is 0.101. The third-order valence-electron chi connectivity index (χ3n) is 1.90. The van der Waals surface area contributed by atoms with E-state index in [9.17, 15) is 4.79 Å². The molecular formula is C13H20O. The first-order valence-electron chi connectivity index (χ1n) is 5.34. The fraction of sp³-hybridized carbons (Fsp3) is 0.462. The van der Waals surface area contributed by atoms with Crippen LogP contribution in [0.5, 0.6) is 0 Å². The predicted octanol–water partition coefficient (Wildman–Crippen LogP) is 3.87. The summed E-state index contributed by atoms with van der Waals surface area (Å²) in [4.78, 5) is 10.9. The van der Waals surface area contributed by atoms with Crippen LogP contribution in [0.3, 0.4) is 0 Å². The topological polar surface area (TPSA) is 17.1 Å². The lowest BCUT2D eigenvalue weighted by Crippen LogP contribution is -1.91. The minimum absolute atomic E-state index is 0.137. The molecule has 0 aliphatic rings. The number of hydrogen-bond donors (Lipinski definition) is 0. The molecule has 0 spiro atoms. The highest BCUT2D eigenvalue weighted by molar-refractivity contribution is 5.93. The summed E-state index contributed by atoms with van der Waals surface area (Å²) >= 11 is 0. The summed E-state index contributed by atoms with van der Waals surface area (Å²) < 4.78 is 0. The van der Waals surface area contributed by atoms with E-state index < -0.39 is 0 Å². The van der Waals surface area contributed by atoms with Crippen LogP contribution in [0.2, 0.25) is 0 Å². The van der Waals surface area contributed by atoms with Crippen molar-refractivity contribution in [3.05, 3.63) is 35.4 Å². The summed E-state index contributed by atoms with van der Waals surface area (Å²) in [6, 6.07) is 7.85. The van der Waals surface area contributed by atoms with E-state index >= 15 is 0 Å². The monoisotopic (exact) mass is 192 g/mol. The summed E-state index contributed by atoms with van der Waals surface area (Å²) in [6.45, 7) is 7.74. The van der Waals surface area contributed by atoms with Crippen LogP contribution >= 0.6 is 0 Å². The lowest BCUT2D eigenvalue weighted by Gasteiger charge is -1.99. The maximum Gasteiger partial charge on any atom is 0.159 e. The van der Waals surface area contributed by atoms with Gasteiger partial charge in [0.1, 0.15) is 0 Å². The van der Waals surface area contributed by atoms with Crippen molar-refractivity contribution in [3.63, 3.8) is 0 Å². The van der Waals surface area contributed by atoms with Crippen LogP contribution < -0.4 is 0 Å². The molecule has 78 valence electrons. The number of carbonyl (C=O) groups excluding carboxylic acids is 1. The van der Waals surface area contributed by atoms with Gasteiger partial charge in [-0.25, -0.2) is 0 Å². The van der Waals surface area contributed by atoms with Crippen molar-refractivity contribution in [3.8, 4) is 0 Å². The van der Waals surface area contributed by atoms with Crippen molar-refractivity contribution >= 4 is 5.78 Å². The Morgan fingerprint density at radius 2 is 1.64 bits per heavy atom. The quantitative estimate of drug-likeness (QED) is 0.664. The first-order valence-corrected chi connectivity index (χ1v) is 5.34. The maximum absolute atomic E-state index is 10.9. The smallest absolute Gasteiger partial charge is 0.159 e. The van der Waals surface area contributed by atoms with Gasteiger partial charge in [-0.15, -0.1) is 0 Å². The van der Waals surface area contributed by atoms with Crippen molar-refractivity contribution in [1.82, 2.24) is 0 Å². The largest absolute Gasteiger partial charge is 0.295 e. The van der Waals surface area contributed by atoms with E-state index in [1.165, 1.54) is 5.56 Å². The second kappa shape index (κ2) is 7.31. The van der Waals surface area contributed by atoms with E-state index in [0.717, 1.165) is 18.4 Å². The minimum Gasteiger partial charge on any atom is -0.295 e. The van der Waals surface area contributed by atoms with E-state index in [4.69, 9.17) is 0 Å². The summed E-state index contributed by atoms with van der Waals surface area (Å²) in [5.41, 5.74) is 2.11. The van der Waals surface area contributed by atoms with Crippen molar-refractivity contribution in [2.45, 2.75) is 40.5 Å². The molecule has 1 heteroatoms. The number of benzene rings is 1. The predicted molar refractivity (Wildman–Crippen MR) is 61.8 cm³/mol. The molecule has 0 atom stereocenters. The van der Waals surface area contributed by atoms with Crippen molar-refractivity contribution in [2.24, 2.45) is 0 Å². The standard InChI is InChI=1S/C11H14O.C2H6/c1-3-4-10-5-7-11(8-6-10)9(2)12;1-2/h5-8H,3-4H2,1-2H3;1-2H3. The van der Waals surface area contributed by atoms with Crippen molar-refractivity contribution in [1.29, 1.82) is 0 Å². The number of ketones is 1. The van der Waals surface area contributed by atoms with Gasteiger partial charge < -0.3 is 0 Å². The molecule has 0 radical (unpaired) electrons. The zero-order valence-electron chi connectivity index (χ0n) is 9.63. The third kappa shape index (κ3) is 4.22. The van der Waals surface area contributed by atoms with Gasteiger partial charge in [0.15, 0.2) is 5.78 Å². The molecular weight excluding hydrogens is 172 g/mol. The van der Waals surface area contributed by atoms with Crippen LogP contribution in [-0.2, 0) is 6.42 Å². The van der Waals surface area contributed by atoms with E-state index in [1.807, 2.05) is 38.1 Å². The Hall–Kier alpha value is -1.11. The molecule has 0 aromatic heterocycles. The Balaban J connectivity index is 0.000000791. The molecule has 1 aromatic carbocycles. The van der Waals surface area contributed by atoms with Gasteiger partial charge in [0, 0.05) is 5.56 Å². The molecule has 1 rings (SSSR count). The Morgan fingerprint density at radius 1 is 1.14 bits per heavy atom. The molecule has 0 aliphatic heterocycles. The van der Waals surface area contributed by atoms with Gasteiger partial charge in [-0.3, -0.25) is 4.79 Å². The van der Waals surface area contributed by atoms with Gasteiger partial charge >= 0.3 is 0 Å². The molecule has 0 saturated carbocycles. The first-order chi connectivity index (χ1) is 6.74. The molecule has 0 N–H and O–H groups in total. The normalized spacial score (nSPS) is 8.86. The highest BCUT2D eigenvalue weighted by Crippen LogP contribution is 2.06. The summed E-state index contributed by atoms with van der Waals surface area (Å²) in [5.74, 6) is 0.137. The molecule has 0 saturated heterocycles. The number of aryl methyl sites for hydroxylation is 1. The van der Waals surface area contributed by atoms with Crippen LogP contribution in [0.25, 0.3) is 0 Å². The minimum atomic E-state index is 0.137. The SMILES string of the molecule is CC.CCCc1ccc(C(C)=O)cc1. The zero-order chi connectivity index (χ0) is 11.0. The number of Topliss-reactive ketones (excluding diaryl/α,β-unsaturated/α-hetero) is 1. The highest BCUT2D eigenvalue weighted by Gasteiger charge is 1.97. The first kappa shape index (κ1) is 12.9. The molecule has 0 heterocycles. The Labute approximate surface area is 87.2 Å². The molecule has 0 aliphatic carbocycles. The van der Waals surface area contributed by atoms with E-state index in [-0.39, 0.29) is 5.78 Å². The average molecular weight is 192 g/mol. The van der Waals surface area contributed by atoms with E-state index in [0.29, 0.717) is 0 Å². The van der Waals surface area contributed by atoms with Gasteiger partial charge in [-0.1, -0.05) is 51.5 Å². The molecule has 1 nitrogen and oxygen atoms in total. The van der Waals surface area contributed by atoms with E-state index in [1.54, 1.807) is 6.92 Å². The molecule has 1 aromatic rings. The van der Waals surface area contributed by atoms with Crippen LogP contribution in [0, 0.1) is 0 Å². The maximum atomic E-state index is 10.9. The second-order valence-electron chi connectivity index (χ2n) is 3.00. The number of hydrogen-bond acceptors (Lipinski definition) is 1. The van der Waals surface area contributed by atoms with Crippen molar-refractivity contribution < 1.29 is 4.79 Å². The Morgan fingerprint density at radius 3 is 2.00 bits per heavy atom. The average Bonchev–Trinajstić information content (AvgIpc) is 2.22. The van der Waals surface area contributed by atoms with Crippen LogP contribution in [-0.4, -0.2) is 5.78 Å². The Bertz CT molecular complexity index is 259. The fourth-order valence-electron chi connectivity index (χ4n) is 1.19. The third-order valence-corrected chi connectivity index (χ3v) is 1.90. The number of rotatable bonds is 3. The molecule has 0 fully saturated rings. The van der Waals surface area contributed by atoms with Crippen LogP contribution in [0.15, 0.2) is 24.3 Å². The van der Waals surface area contributed by atoms with Gasteiger partial charge in [-0.2, -0.15) is 0 Å². The fourth-order valence-corrected chi connectivity index (χ4v) is 1.19.